The van der Waals surface area contributed by atoms with E-state index in [0.29, 0.717) is 0 Å². The third-order valence-electron chi connectivity index (χ3n) is 10.1. The number of piperazine rings is 2. The number of nitrogens with one attached hydrogen (secondary N) is 2. The Morgan fingerprint density at radius 3 is 1.49 bits per heavy atom. The molecule has 2 aliphatic heterocycles. The number of benzene rings is 1. The number of anilines is 2. The number of aromatic nitrogens is 2. The predicted molar refractivity (Wildman–Crippen MR) is 175 cm³/mol. The van der Waals surface area contributed by atoms with Crippen molar-refractivity contribution in [2.45, 2.75) is 70.4 Å². The van der Waals surface area contributed by atoms with Gasteiger partial charge in [0.25, 0.3) is 0 Å². The van der Waals surface area contributed by atoms with Gasteiger partial charge in [0.2, 0.25) is 11.8 Å². The van der Waals surface area contributed by atoms with Gasteiger partial charge in [0, 0.05) is 70.0 Å². The largest absolute Gasteiger partial charge is 0.352 e. The SMILES string of the molecule is Cc1c2nc(NCC(=O)N3CCN(C4CCCC4)CC3)sc2cc2sc(NCC(=O)N3CCN(C4CCCC4)CC3)nc12. The highest BCUT2D eigenvalue weighted by molar-refractivity contribution is 7.24. The van der Waals surface area contributed by atoms with Crippen LogP contribution in [0.3, 0.4) is 0 Å². The number of aryl methyl sites for hydroxylation is 1. The van der Waals surface area contributed by atoms with Crippen molar-refractivity contribution in [3.05, 3.63) is 11.6 Å². The first-order valence-corrected chi connectivity index (χ1v) is 17.9. The quantitative estimate of drug-likeness (QED) is 0.385. The Balaban J connectivity index is 0.914. The van der Waals surface area contributed by atoms with Gasteiger partial charge in [-0.1, -0.05) is 48.4 Å². The Hall–Kier alpha value is -2.54. The molecule has 2 aromatic heterocycles. The number of fused-ring (bicyclic) bond motifs is 2. The number of amides is 2. The Labute approximate surface area is 261 Å². The molecule has 2 saturated carbocycles. The Morgan fingerprint density at radius 2 is 1.09 bits per heavy atom. The Morgan fingerprint density at radius 1 is 0.698 bits per heavy atom. The summed E-state index contributed by atoms with van der Waals surface area (Å²) in [6, 6.07) is 3.59. The Bertz CT molecular complexity index is 1340. The summed E-state index contributed by atoms with van der Waals surface area (Å²) in [7, 11) is 0. The number of thiazole rings is 2. The molecule has 0 spiro atoms. The molecule has 43 heavy (non-hydrogen) atoms. The van der Waals surface area contributed by atoms with Crippen LogP contribution in [0.1, 0.15) is 56.9 Å². The zero-order valence-corrected chi connectivity index (χ0v) is 26.9. The van der Waals surface area contributed by atoms with Gasteiger partial charge in [0.1, 0.15) is 0 Å². The highest BCUT2D eigenvalue weighted by Gasteiger charge is 2.29. The molecule has 0 atom stereocenters. The number of hydrogen-bond acceptors (Lipinski definition) is 10. The van der Waals surface area contributed by atoms with Crippen molar-refractivity contribution in [3.8, 4) is 0 Å². The van der Waals surface area contributed by atoms with Gasteiger partial charge in [0.05, 0.1) is 33.5 Å². The van der Waals surface area contributed by atoms with Crippen LogP contribution in [0, 0.1) is 6.92 Å². The molecule has 2 N–H and O–H groups in total. The van der Waals surface area contributed by atoms with Crippen LogP contribution in [0.15, 0.2) is 6.07 Å². The maximum absolute atomic E-state index is 12.9. The predicted octanol–water partition coefficient (Wildman–Crippen LogP) is 4.21. The monoisotopic (exact) mass is 624 g/mol. The molecule has 0 bridgehead atoms. The van der Waals surface area contributed by atoms with Gasteiger partial charge in [-0.2, -0.15) is 0 Å². The number of hydrogen-bond donors (Lipinski definition) is 2. The van der Waals surface area contributed by atoms with Crippen LogP contribution in [0.2, 0.25) is 0 Å². The minimum Gasteiger partial charge on any atom is -0.352 e. The van der Waals surface area contributed by atoms with E-state index in [1.165, 1.54) is 51.4 Å². The fraction of sp³-hybridized carbons (Fsp3) is 0.677. The molecular weight excluding hydrogens is 581 g/mol. The molecular formula is C31H44N8O2S2. The number of nitrogens with zero attached hydrogens (tertiary/aromatic N) is 6. The van der Waals surface area contributed by atoms with Crippen LogP contribution in [0.25, 0.3) is 20.4 Å². The lowest BCUT2D eigenvalue weighted by molar-refractivity contribution is -0.132. The smallest absolute Gasteiger partial charge is 0.242 e. The van der Waals surface area contributed by atoms with E-state index in [2.05, 4.69) is 33.4 Å². The molecule has 1 aromatic carbocycles. The summed E-state index contributed by atoms with van der Waals surface area (Å²) in [5.41, 5.74) is 2.88. The molecule has 4 heterocycles. The topological polar surface area (TPSA) is 96.9 Å². The summed E-state index contributed by atoms with van der Waals surface area (Å²) in [6.07, 6.45) is 10.7. The van der Waals surface area contributed by atoms with Crippen molar-refractivity contribution < 1.29 is 9.59 Å². The molecule has 3 aromatic rings. The van der Waals surface area contributed by atoms with E-state index < -0.39 is 0 Å². The first-order chi connectivity index (χ1) is 21.0. The van der Waals surface area contributed by atoms with E-state index in [1.54, 1.807) is 22.7 Å². The van der Waals surface area contributed by atoms with Gasteiger partial charge >= 0.3 is 0 Å². The number of carbonyl (C=O) groups is 2. The van der Waals surface area contributed by atoms with E-state index in [0.717, 1.165) is 101 Å². The fourth-order valence-electron chi connectivity index (χ4n) is 7.52. The summed E-state index contributed by atoms with van der Waals surface area (Å²) in [4.78, 5) is 44.7. The molecule has 7 rings (SSSR count). The zero-order valence-electron chi connectivity index (χ0n) is 25.3. The molecule has 2 amide bonds. The molecule has 12 heteroatoms. The molecule has 4 fully saturated rings. The minimum absolute atomic E-state index is 0.144. The van der Waals surface area contributed by atoms with E-state index in [1.807, 2.05) is 9.80 Å². The van der Waals surface area contributed by atoms with E-state index in [-0.39, 0.29) is 24.9 Å². The number of carbonyl (C=O) groups excluding carboxylic acids is 2. The van der Waals surface area contributed by atoms with Gasteiger partial charge in [-0.05, 0) is 38.7 Å². The molecule has 4 aliphatic rings. The Kier molecular flexibility index (Phi) is 8.71. The van der Waals surface area contributed by atoms with Crippen molar-refractivity contribution in [1.29, 1.82) is 0 Å². The molecule has 0 radical (unpaired) electrons. The lowest BCUT2D eigenvalue weighted by Gasteiger charge is -2.38. The van der Waals surface area contributed by atoms with Gasteiger partial charge in [0.15, 0.2) is 10.3 Å². The van der Waals surface area contributed by atoms with Crippen LogP contribution in [-0.4, -0.2) is 119 Å². The average Bonchev–Trinajstić information content (AvgIpc) is 3.86. The zero-order chi connectivity index (χ0) is 29.3. The first-order valence-electron chi connectivity index (χ1n) is 16.2. The highest BCUT2D eigenvalue weighted by atomic mass is 32.1. The second kappa shape index (κ2) is 12.8. The first kappa shape index (κ1) is 29.2. The van der Waals surface area contributed by atoms with Crippen molar-refractivity contribution in [2.24, 2.45) is 0 Å². The normalized spacial score (nSPS) is 21.4. The maximum atomic E-state index is 12.9. The van der Waals surface area contributed by atoms with Crippen LogP contribution in [0.4, 0.5) is 10.3 Å². The average molecular weight is 625 g/mol. The lowest BCUT2D eigenvalue weighted by atomic mass is 10.2. The fourth-order valence-corrected chi connectivity index (χ4v) is 9.52. The van der Waals surface area contributed by atoms with Crippen molar-refractivity contribution in [2.75, 3.05) is 76.1 Å². The van der Waals surface area contributed by atoms with E-state index >= 15 is 0 Å². The highest BCUT2D eigenvalue weighted by Crippen LogP contribution is 2.37. The van der Waals surface area contributed by atoms with Crippen LogP contribution in [-0.2, 0) is 9.59 Å². The van der Waals surface area contributed by atoms with Crippen molar-refractivity contribution in [1.82, 2.24) is 29.6 Å². The summed E-state index contributed by atoms with van der Waals surface area (Å²) in [5, 5.41) is 8.12. The minimum atomic E-state index is 0.144. The van der Waals surface area contributed by atoms with Crippen LogP contribution in [0.5, 0.6) is 0 Å². The van der Waals surface area contributed by atoms with E-state index in [4.69, 9.17) is 9.97 Å². The second-order valence-electron chi connectivity index (χ2n) is 12.7. The molecule has 232 valence electrons. The summed E-state index contributed by atoms with van der Waals surface area (Å²) in [5.74, 6) is 0.288. The van der Waals surface area contributed by atoms with Gasteiger partial charge in [-0.3, -0.25) is 19.4 Å². The molecule has 2 saturated heterocycles. The van der Waals surface area contributed by atoms with E-state index in [9.17, 15) is 9.59 Å². The third kappa shape index (κ3) is 6.34. The lowest BCUT2D eigenvalue weighted by Crippen LogP contribution is -2.52. The summed E-state index contributed by atoms with van der Waals surface area (Å²) in [6.45, 7) is 9.82. The third-order valence-corrected chi connectivity index (χ3v) is 12.0. The van der Waals surface area contributed by atoms with Gasteiger partial charge < -0.3 is 20.4 Å². The van der Waals surface area contributed by atoms with Crippen LogP contribution < -0.4 is 10.6 Å². The van der Waals surface area contributed by atoms with Gasteiger partial charge in [-0.25, -0.2) is 9.97 Å². The second-order valence-corrected chi connectivity index (χ2v) is 14.7. The van der Waals surface area contributed by atoms with Gasteiger partial charge in [-0.15, -0.1) is 0 Å². The summed E-state index contributed by atoms with van der Waals surface area (Å²) >= 11 is 3.16. The molecule has 2 aliphatic carbocycles. The van der Waals surface area contributed by atoms with Crippen LogP contribution >= 0.6 is 22.7 Å². The van der Waals surface area contributed by atoms with Crippen molar-refractivity contribution in [3.63, 3.8) is 0 Å². The standard InChI is InChI=1S/C31H44N8O2S2/c1-21-28-24(42-30(34-28)32-19-26(40)38-14-10-36(11-15-38)22-6-2-3-7-22)18-25-29(21)35-31(43-25)33-20-27(41)39-16-12-37(13-17-39)23-8-4-5-9-23/h18,22-23H,2-17,19-20H2,1H3,(H,32,34)(H,33,35). The summed E-state index contributed by atoms with van der Waals surface area (Å²) < 4.78 is 2.16. The number of rotatable bonds is 8. The molecule has 0 unspecified atom stereocenters. The molecule has 10 nitrogen and oxygen atoms in total. The maximum Gasteiger partial charge on any atom is 0.242 e. The van der Waals surface area contributed by atoms with Crippen molar-refractivity contribution >= 4 is 65.2 Å².